The van der Waals surface area contributed by atoms with E-state index in [0.29, 0.717) is 0 Å². The van der Waals surface area contributed by atoms with Crippen LogP contribution in [0.3, 0.4) is 0 Å². The summed E-state index contributed by atoms with van der Waals surface area (Å²) in [5, 5.41) is 16.4. The van der Waals surface area contributed by atoms with Crippen molar-refractivity contribution in [3.05, 3.63) is 77.6 Å². The highest BCUT2D eigenvalue weighted by Gasteiger charge is 2.29. The van der Waals surface area contributed by atoms with Crippen molar-refractivity contribution < 1.29 is 5.11 Å². The summed E-state index contributed by atoms with van der Waals surface area (Å²) in [6.07, 6.45) is 3.00. The van der Waals surface area contributed by atoms with Gasteiger partial charge in [0.15, 0.2) is 0 Å². The first kappa shape index (κ1) is 12.5. The van der Waals surface area contributed by atoms with Crippen LogP contribution in [-0.4, -0.2) is 10.1 Å². The Morgan fingerprint density at radius 3 is 2.81 bits per heavy atom. The van der Waals surface area contributed by atoms with Gasteiger partial charge in [0, 0.05) is 29.9 Å². The molecule has 3 nitrogen and oxygen atoms in total. The molecule has 0 amide bonds. The third-order valence-corrected chi connectivity index (χ3v) is 4.24. The van der Waals surface area contributed by atoms with Crippen LogP contribution in [0, 0.1) is 0 Å². The van der Waals surface area contributed by atoms with Crippen molar-refractivity contribution >= 4 is 10.8 Å². The van der Waals surface area contributed by atoms with E-state index in [1.54, 1.807) is 6.20 Å². The highest BCUT2D eigenvalue weighted by Crippen LogP contribution is 2.37. The third-order valence-electron chi connectivity index (χ3n) is 4.24. The van der Waals surface area contributed by atoms with E-state index in [4.69, 9.17) is 0 Å². The Hall–Kier alpha value is -2.23. The molecule has 2 aromatic carbocycles. The second-order valence-electron chi connectivity index (χ2n) is 5.45. The summed E-state index contributed by atoms with van der Waals surface area (Å²) in [4.78, 5) is 4.27. The van der Waals surface area contributed by atoms with Crippen molar-refractivity contribution in [2.75, 3.05) is 0 Å². The molecule has 0 saturated carbocycles. The fourth-order valence-electron chi connectivity index (χ4n) is 3.17. The number of fused-ring (bicyclic) bond motifs is 2. The van der Waals surface area contributed by atoms with E-state index in [2.05, 4.69) is 22.4 Å². The molecular weight excluding hydrogens is 260 g/mol. The Morgan fingerprint density at radius 2 is 1.86 bits per heavy atom. The molecule has 2 atom stereocenters. The van der Waals surface area contributed by atoms with Gasteiger partial charge in [0.1, 0.15) is 6.10 Å². The Balaban J connectivity index is 1.80. The summed E-state index contributed by atoms with van der Waals surface area (Å²) in [5.74, 6) is 0. The van der Waals surface area contributed by atoms with E-state index < -0.39 is 6.10 Å². The number of hydrogen-bond donors (Lipinski definition) is 2. The lowest BCUT2D eigenvalue weighted by Crippen LogP contribution is -2.20. The van der Waals surface area contributed by atoms with Crippen molar-refractivity contribution in [2.24, 2.45) is 0 Å². The van der Waals surface area contributed by atoms with Crippen LogP contribution in [0.2, 0.25) is 0 Å². The Bertz CT molecular complexity index is 795. The minimum Gasteiger partial charge on any atom is -0.386 e. The average Bonchev–Trinajstić information content (AvgIpc) is 2.98. The molecule has 0 aliphatic carbocycles. The van der Waals surface area contributed by atoms with Crippen molar-refractivity contribution in [2.45, 2.75) is 18.7 Å². The molecule has 1 aliphatic rings. The van der Waals surface area contributed by atoms with Crippen LogP contribution >= 0.6 is 0 Å². The van der Waals surface area contributed by atoms with Crippen LogP contribution in [0.5, 0.6) is 0 Å². The van der Waals surface area contributed by atoms with Gasteiger partial charge in [0.25, 0.3) is 0 Å². The maximum Gasteiger partial charge on any atom is 0.101 e. The van der Waals surface area contributed by atoms with Gasteiger partial charge in [-0.1, -0.05) is 48.5 Å². The van der Waals surface area contributed by atoms with E-state index in [0.717, 1.165) is 22.9 Å². The first-order valence-electron chi connectivity index (χ1n) is 7.16. The predicted octanol–water partition coefficient (Wildman–Crippen LogP) is 3.11. The Morgan fingerprint density at radius 1 is 1.05 bits per heavy atom. The molecule has 21 heavy (non-hydrogen) atoms. The first-order chi connectivity index (χ1) is 10.3. The van der Waals surface area contributed by atoms with Crippen LogP contribution in [0.25, 0.3) is 10.8 Å². The number of aromatic nitrogens is 1. The molecular formula is C18H16N2O. The predicted molar refractivity (Wildman–Crippen MR) is 82.7 cm³/mol. The molecule has 0 bridgehead atoms. The minimum absolute atomic E-state index is 0.0752. The van der Waals surface area contributed by atoms with Crippen LogP contribution in [-0.2, 0) is 6.54 Å². The smallest absolute Gasteiger partial charge is 0.101 e. The van der Waals surface area contributed by atoms with Gasteiger partial charge in [0.2, 0.25) is 0 Å². The molecule has 1 aliphatic heterocycles. The summed E-state index contributed by atoms with van der Waals surface area (Å²) < 4.78 is 0. The zero-order chi connectivity index (χ0) is 14.2. The third kappa shape index (κ3) is 2.02. The zero-order valence-corrected chi connectivity index (χ0v) is 11.5. The Kier molecular flexibility index (Phi) is 2.95. The van der Waals surface area contributed by atoms with Gasteiger partial charge in [-0.25, -0.2) is 0 Å². The van der Waals surface area contributed by atoms with Crippen molar-refractivity contribution in [3.8, 4) is 0 Å². The van der Waals surface area contributed by atoms with E-state index in [1.807, 2.05) is 42.6 Å². The molecule has 2 N–H and O–H groups in total. The second kappa shape index (κ2) is 4.95. The zero-order valence-electron chi connectivity index (χ0n) is 11.5. The molecule has 104 valence electrons. The SMILES string of the molecule is OC(c1cncc2ccccc12)C1NCc2ccccc21. The van der Waals surface area contributed by atoms with E-state index in [9.17, 15) is 5.11 Å². The molecule has 2 heterocycles. The van der Waals surface area contributed by atoms with Crippen LogP contribution < -0.4 is 5.32 Å². The van der Waals surface area contributed by atoms with Gasteiger partial charge < -0.3 is 10.4 Å². The normalized spacial score (nSPS) is 18.6. The fourth-order valence-corrected chi connectivity index (χ4v) is 3.17. The number of pyridine rings is 1. The average molecular weight is 276 g/mol. The second-order valence-corrected chi connectivity index (χ2v) is 5.45. The van der Waals surface area contributed by atoms with Gasteiger partial charge in [-0.3, -0.25) is 4.98 Å². The van der Waals surface area contributed by atoms with Crippen molar-refractivity contribution in [3.63, 3.8) is 0 Å². The molecule has 0 spiro atoms. The molecule has 3 aromatic rings. The topological polar surface area (TPSA) is 45.2 Å². The van der Waals surface area contributed by atoms with Crippen molar-refractivity contribution in [1.29, 1.82) is 0 Å². The largest absolute Gasteiger partial charge is 0.386 e. The van der Waals surface area contributed by atoms with Crippen LogP contribution in [0.15, 0.2) is 60.9 Å². The van der Waals surface area contributed by atoms with Gasteiger partial charge in [0.05, 0.1) is 6.04 Å². The van der Waals surface area contributed by atoms with E-state index in [1.165, 1.54) is 11.1 Å². The summed E-state index contributed by atoms with van der Waals surface area (Å²) >= 11 is 0. The summed E-state index contributed by atoms with van der Waals surface area (Å²) in [6, 6.07) is 16.2. The first-order valence-corrected chi connectivity index (χ1v) is 7.16. The van der Waals surface area contributed by atoms with Gasteiger partial charge in [-0.05, 0) is 16.5 Å². The van der Waals surface area contributed by atoms with E-state index in [-0.39, 0.29) is 6.04 Å². The molecule has 1 aromatic heterocycles. The standard InChI is InChI=1S/C18H16N2O/c21-18(17-15-8-4-2-6-13(15)10-20-17)16-11-19-9-12-5-1-3-7-14(12)16/h1-9,11,17-18,20-21H,10H2. The number of hydrogen-bond acceptors (Lipinski definition) is 3. The van der Waals surface area contributed by atoms with Gasteiger partial charge in [-0.15, -0.1) is 0 Å². The molecule has 4 rings (SSSR count). The van der Waals surface area contributed by atoms with Crippen molar-refractivity contribution in [1.82, 2.24) is 10.3 Å². The monoisotopic (exact) mass is 276 g/mol. The summed E-state index contributed by atoms with van der Waals surface area (Å²) in [7, 11) is 0. The lowest BCUT2D eigenvalue weighted by Gasteiger charge is -2.21. The molecule has 2 unspecified atom stereocenters. The minimum atomic E-state index is -0.604. The van der Waals surface area contributed by atoms with Crippen LogP contribution in [0.4, 0.5) is 0 Å². The van der Waals surface area contributed by atoms with Crippen LogP contribution in [0.1, 0.15) is 28.8 Å². The maximum absolute atomic E-state index is 10.9. The van der Waals surface area contributed by atoms with Gasteiger partial charge in [-0.2, -0.15) is 0 Å². The van der Waals surface area contributed by atoms with Gasteiger partial charge >= 0.3 is 0 Å². The number of nitrogens with zero attached hydrogens (tertiary/aromatic N) is 1. The highest BCUT2D eigenvalue weighted by atomic mass is 16.3. The number of rotatable bonds is 2. The summed E-state index contributed by atoms with van der Waals surface area (Å²) in [6.45, 7) is 0.802. The maximum atomic E-state index is 10.9. The molecule has 3 heteroatoms. The molecule has 0 radical (unpaired) electrons. The fraction of sp³-hybridized carbons (Fsp3) is 0.167. The summed E-state index contributed by atoms with van der Waals surface area (Å²) in [5.41, 5.74) is 3.31. The molecule has 0 fully saturated rings. The van der Waals surface area contributed by atoms with E-state index >= 15 is 0 Å². The number of benzene rings is 2. The number of aliphatic hydroxyl groups excluding tert-OH is 1. The number of nitrogens with one attached hydrogen (secondary N) is 1. The highest BCUT2D eigenvalue weighted by molar-refractivity contribution is 5.85. The lowest BCUT2D eigenvalue weighted by atomic mass is 9.94. The number of aliphatic hydroxyl groups is 1. The molecule has 0 saturated heterocycles. The quantitative estimate of drug-likeness (QED) is 0.756. The Labute approximate surface area is 123 Å². The lowest BCUT2D eigenvalue weighted by molar-refractivity contribution is 0.135.